The minimum atomic E-state index is -1.16. The quantitative estimate of drug-likeness (QED) is 0.449. The van der Waals surface area contributed by atoms with Gasteiger partial charge in [0.2, 0.25) is 6.04 Å². The lowest BCUT2D eigenvalue weighted by molar-refractivity contribution is -0.385. The van der Waals surface area contributed by atoms with Crippen molar-refractivity contribution in [3.05, 3.63) is 33.9 Å². The van der Waals surface area contributed by atoms with Crippen LogP contribution >= 0.6 is 0 Å². The molecule has 0 spiro atoms. The monoisotopic (exact) mass is 229 g/mol. The molecule has 0 atom stereocenters. The van der Waals surface area contributed by atoms with Crippen LogP contribution in [-0.4, -0.2) is 11.0 Å². The van der Waals surface area contributed by atoms with E-state index in [0.29, 0.717) is 11.3 Å². The second kappa shape index (κ2) is 5.33. The molecule has 1 rings (SSSR count). The molecule has 0 fully saturated rings. The number of azo groups is 1. The summed E-state index contributed by atoms with van der Waals surface area (Å²) in [5, 5.41) is 34.6. The van der Waals surface area contributed by atoms with Crippen molar-refractivity contribution in [3.8, 4) is 12.1 Å². The van der Waals surface area contributed by atoms with Crippen LogP contribution in [0.5, 0.6) is 0 Å². The number of benzene rings is 1. The van der Waals surface area contributed by atoms with Crippen molar-refractivity contribution in [2.24, 2.45) is 10.2 Å². The van der Waals surface area contributed by atoms with Crippen LogP contribution in [0.15, 0.2) is 28.4 Å². The molecule has 0 unspecified atom stereocenters. The molecule has 0 N–H and O–H groups in total. The average Bonchev–Trinajstić information content (AvgIpc) is 2.30. The van der Waals surface area contributed by atoms with E-state index < -0.39 is 11.0 Å². The Morgan fingerprint density at radius 2 is 2.06 bits per heavy atom. The third kappa shape index (κ3) is 3.08. The van der Waals surface area contributed by atoms with Gasteiger partial charge in [-0.25, -0.2) is 0 Å². The van der Waals surface area contributed by atoms with E-state index in [2.05, 4.69) is 10.2 Å². The second-order valence-electron chi connectivity index (χ2n) is 3.10. The van der Waals surface area contributed by atoms with E-state index in [1.54, 1.807) is 19.1 Å². The molecule has 7 nitrogen and oxygen atoms in total. The average molecular weight is 229 g/mol. The number of aryl methyl sites for hydroxylation is 1. The SMILES string of the molecule is Cc1cc(N=NC(C#N)C#N)ccc1[N+](=O)[O-]. The van der Waals surface area contributed by atoms with Crippen LogP contribution < -0.4 is 0 Å². The van der Waals surface area contributed by atoms with Gasteiger partial charge in [-0.1, -0.05) is 0 Å². The molecule has 0 bridgehead atoms. The summed E-state index contributed by atoms with van der Waals surface area (Å²) in [6, 6.07) is 6.28. The molecule has 0 aliphatic carbocycles. The zero-order valence-electron chi connectivity index (χ0n) is 8.86. The van der Waals surface area contributed by atoms with Crippen LogP contribution in [0.4, 0.5) is 11.4 Å². The number of nitriles is 2. The normalized spacial score (nSPS) is 10.1. The fourth-order valence-electron chi connectivity index (χ4n) is 1.11. The predicted molar refractivity (Wildman–Crippen MR) is 57.4 cm³/mol. The summed E-state index contributed by atoms with van der Waals surface area (Å²) >= 11 is 0. The van der Waals surface area contributed by atoms with Crippen molar-refractivity contribution >= 4 is 11.4 Å². The summed E-state index contributed by atoms with van der Waals surface area (Å²) in [5.41, 5.74) is 0.793. The van der Waals surface area contributed by atoms with Crippen LogP contribution in [0.3, 0.4) is 0 Å². The van der Waals surface area contributed by atoms with Gasteiger partial charge in [-0.05, 0) is 19.1 Å². The first-order valence-corrected chi connectivity index (χ1v) is 4.53. The summed E-state index contributed by atoms with van der Waals surface area (Å²) in [7, 11) is 0. The Hall–Kier alpha value is -2.80. The molecule has 0 heterocycles. The Balaban J connectivity index is 2.97. The number of nitro benzene ring substituents is 1. The minimum Gasteiger partial charge on any atom is -0.258 e. The van der Waals surface area contributed by atoms with Crippen LogP contribution in [0.1, 0.15) is 5.56 Å². The third-order valence-corrected chi connectivity index (χ3v) is 1.91. The summed E-state index contributed by atoms with van der Waals surface area (Å²) in [6.45, 7) is 1.57. The maximum absolute atomic E-state index is 10.6. The molecule has 1 aromatic rings. The Labute approximate surface area is 96.8 Å². The van der Waals surface area contributed by atoms with Crippen LogP contribution in [0.25, 0.3) is 0 Å². The van der Waals surface area contributed by atoms with Gasteiger partial charge >= 0.3 is 0 Å². The van der Waals surface area contributed by atoms with E-state index in [1.807, 2.05) is 0 Å². The maximum atomic E-state index is 10.6. The van der Waals surface area contributed by atoms with Gasteiger partial charge in [-0.15, -0.1) is 0 Å². The first-order chi connectivity index (χ1) is 8.08. The van der Waals surface area contributed by atoms with Crippen LogP contribution in [0.2, 0.25) is 0 Å². The van der Waals surface area contributed by atoms with E-state index >= 15 is 0 Å². The van der Waals surface area contributed by atoms with Gasteiger partial charge in [0.1, 0.15) is 12.1 Å². The molecule has 84 valence electrons. The van der Waals surface area contributed by atoms with Gasteiger partial charge in [0, 0.05) is 11.6 Å². The third-order valence-electron chi connectivity index (χ3n) is 1.91. The molecular weight excluding hydrogens is 222 g/mol. The highest BCUT2D eigenvalue weighted by Gasteiger charge is 2.10. The number of nitrogens with zero attached hydrogens (tertiary/aromatic N) is 5. The van der Waals surface area contributed by atoms with Crippen molar-refractivity contribution in [3.63, 3.8) is 0 Å². The molecular formula is C10H7N5O2. The van der Waals surface area contributed by atoms with Gasteiger partial charge in [0.15, 0.2) is 0 Å². The highest BCUT2D eigenvalue weighted by molar-refractivity contribution is 5.49. The van der Waals surface area contributed by atoms with Gasteiger partial charge in [0.05, 0.1) is 10.6 Å². The highest BCUT2D eigenvalue weighted by Crippen LogP contribution is 2.23. The summed E-state index contributed by atoms with van der Waals surface area (Å²) in [6.07, 6.45) is 0. The molecule has 1 aromatic carbocycles. The molecule has 0 amide bonds. The van der Waals surface area contributed by atoms with Gasteiger partial charge in [0.25, 0.3) is 5.69 Å². The molecule has 0 aliphatic heterocycles. The summed E-state index contributed by atoms with van der Waals surface area (Å²) in [4.78, 5) is 10.1. The van der Waals surface area contributed by atoms with E-state index in [0.717, 1.165) is 0 Å². The zero-order chi connectivity index (χ0) is 12.8. The van der Waals surface area contributed by atoms with Crippen molar-refractivity contribution in [1.82, 2.24) is 0 Å². The van der Waals surface area contributed by atoms with Crippen molar-refractivity contribution < 1.29 is 4.92 Å². The lowest BCUT2D eigenvalue weighted by atomic mass is 10.2. The van der Waals surface area contributed by atoms with Gasteiger partial charge in [-0.2, -0.15) is 20.8 Å². The number of hydrogen-bond acceptors (Lipinski definition) is 6. The Morgan fingerprint density at radius 1 is 1.41 bits per heavy atom. The predicted octanol–water partition coefficient (Wildman–Crippen LogP) is 2.40. The van der Waals surface area contributed by atoms with Crippen LogP contribution in [0, 0.1) is 39.7 Å². The molecule has 0 radical (unpaired) electrons. The maximum Gasteiger partial charge on any atom is 0.272 e. The summed E-state index contributed by atoms with van der Waals surface area (Å²) in [5.74, 6) is 0. The first kappa shape index (κ1) is 12.3. The fourth-order valence-corrected chi connectivity index (χ4v) is 1.11. The molecule has 17 heavy (non-hydrogen) atoms. The molecule has 0 saturated heterocycles. The van der Waals surface area contributed by atoms with Crippen molar-refractivity contribution in [2.45, 2.75) is 13.0 Å². The Morgan fingerprint density at radius 3 is 2.53 bits per heavy atom. The largest absolute Gasteiger partial charge is 0.272 e. The highest BCUT2D eigenvalue weighted by atomic mass is 16.6. The first-order valence-electron chi connectivity index (χ1n) is 4.53. The molecule has 0 saturated carbocycles. The Kier molecular flexibility index (Phi) is 3.85. The lowest BCUT2D eigenvalue weighted by Gasteiger charge is -1.97. The number of nitro groups is 1. The second-order valence-corrected chi connectivity index (χ2v) is 3.10. The van der Waals surface area contributed by atoms with E-state index in [9.17, 15) is 10.1 Å². The number of hydrogen-bond donors (Lipinski definition) is 0. The fraction of sp³-hybridized carbons (Fsp3) is 0.200. The van der Waals surface area contributed by atoms with Crippen molar-refractivity contribution in [1.29, 1.82) is 10.5 Å². The van der Waals surface area contributed by atoms with Crippen molar-refractivity contribution in [2.75, 3.05) is 0 Å². The van der Waals surface area contributed by atoms with Crippen LogP contribution in [-0.2, 0) is 0 Å². The van der Waals surface area contributed by atoms with E-state index in [1.165, 1.54) is 18.2 Å². The van der Waals surface area contributed by atoms with Gasteiger partial charge < -0.3 is 0 Å². The van der Waals surface area contributed by atoms with Gasteiger partial charge in [-0.3, -0.25) is 10.1 Å². The molecule has 7 heteroatoms. The zero-order valence-corrected chi connectivity index (χ0v) is 8.86. The minimum absolute atomic E-state index is 0.0129. The molecule has 0 aromatic heterocycles. The molecule has 0 aliphatic rings. The summed E-state index contributed by atoms with van der Waals surface area (Å²) < 4.78 is 0. The Bertz CT molecular complexity index is 539. The smallest absolute Gasteiger partial charge is 0.258 e. The van der Waals surface area contributed by atoms with E-state index in [4.69, 9.17) is 10.5 Å². The number of rotatable bonds is 3. The standard InChI is InChI=1S/C10H7N5O2/c1-7-4-8(2-3-10(7)15(16)17)13-14-9(5-11)6-12/h2-4,9H,1H3. The van der Waals surface area contributed by atoms with E-state index in [-0.39, 0.29) is 5.69 Å². The topological polar surface area (TPSA) is 115 Å². The lowest BCUT2D eigenvalue weighted by Crippen LogP contribution is -1.93.